The normalized spacial score (nSPS) is 11.0. The minimum absolute atomic E-state index is 0.112. The van der Waals surface area contributed by atoms with Gasteiger partial charge in [-0.05, 0) is 12.5 Å². The number of benzene rings is 1. The third-order valence-corrected chi connectivity index (χ3v) is 5.41. The quantitative estimate of drug-likeness (QED) is 0.685. The van der Waals surface area contributed by atoms with Crippen molar-refractivity contribution < 1.29 is 4.74 Å². The molecule has 0 radical (unpaired) electrons. The summed E-state index contributed by atoms with van der Waals surface area (Å²) in [7, 11) is 1.68. The van der Waals surface area contributed by atoms with Gasteiger partial charge < -0.3 is 4.74 Å². The van der Waals surface area contributed by atoms with Crippen molar-refractivity contribution in [2.45, 2.75) is 24.9 Å². The predicted molar refractivity (Wildman–Crippen MR) is 94.5 cm³/mol. The fraction of sp³-hybridized carbons (Fsp3) is 0.312. The number of methoxy groups -OCH3 is 1. The molecule has 0 N–H and O–H groups in total. The number of thioether (sulfide) groups is 1. The van der Waals surface area contributed by atoms with Crippen molar-refractivity contribution in [3.8, 4) is 5.75 Å². The van der Waals surface area contributed by atoms with Crippen LogP contribution in [0, 0.1) is 0 Å². The van der Waals surface area contributed by atoms with Crippen molar-refractivity contribution in [1.29, 1.82) is 0 Å². The van der Waals surface area contributed by atoms with Crippen LogP contribution in [-0.2, 0) is 17.9 Å². The van der Waals surface area contributed by atoms with Crippen molar-refractivity contribution in [3.05, 3.63) is 57.0 Å². The van der Waals surface area contributed by atoms with Crippen LogP contribution < -0.4 is 10.3 Å². The minimum Gasteiger partial charge on any atom is -0.496 e. The SMILES string of the molecule is CCc1nn2c(=O)cc(CSCc3ccccc3OC)nc2s1. The highest BCUT2D eigenvalue weighted by Gasteiger charge is 2.08. The number of para-hydroxylation sites is 1. The molecule has 0 aliphatic carbocycles. The highest BCUT2D eigenvalue weighted by molar-refractivity contribution is 7.97. The number of hydrogen-bond acceptors (Lipinski definition) is 6. The summed E-state index contributed by atoms with van der Waals surface area (Å²) in [6, 6.07) is 9.53. The van der Waals surface area contributed by atoms with E-state index in [0.717, 1.165) is 34.2 Å². The van der Waals surface area contributed by atoms with Gasteiger partial charge >= 0.3 is 0 Å². The number of fused-ring (bicyclic) bond motifs is 1. The number of rotatable bonds is 6. The third-order valence-electron chi connectivity index (χ3n) is 3.34. The van der Waals surface area contributed by atoms with Gasteiger partial charge in [-0.1, -0.05) is 36.5 Å². The second kappa shape index (κ2) is 7.14. The smallest absolute Gasteiger partial charge is 0.275 e. The standard InChI is InChI=1S/C16H17N3O2S2/c1-3-14-18-19-15(20)8-12(17-16(19)23-14)10-22-9-11-6-4-5-7-13(11)21-2/h4-8H,3,9-10H2,1-2H3. The first kappa shape index (κ1) is 16.0. The maximum Gasteiger partial charge on any atom is 0.275 e. The molecule has 0 spiro atoms. The molecular formula is C16H17N3O2S2. The predicted octanol–water partition coefficient (Wildman–Crippen LogP) is 3.16. The summed E-state index contributed by atoms with van der Waals surface area (Å²) in [4.78, 5) is 17.3. The fourth-order valence-corrected chi connectivity index (χ4v) is 3.98. The number of aryl methyl sites for hydroxylation is 1. The van der Waals surface area contributed by atoms with Gasteiger partial charge in [-0.15, -0.1) is 0 Å². The topological polar surface area (TPSA) is 56.5 Å². The molecule has 0 aliphatic rings. The Labute approximate surface area is 142 Å². The summed E-state index contributed by atoms with van der Waals surface area (Å²) in [5, 5.41) is 5.18. The highest BCUT2D eigenvalue weighted by Crippen LogP contribution is 2.24. The average molecular weight is 347 g/mol. The van der Waals surface area contributed by atoms with Gasteiger partial charge in [0.1, 0.15) is 10.8 Å². The lowest BCUT2D eigenvalue weighted by atomic mass is 10.2. The molecular weight excluding hydrogens is 330 g/mol. The molecule has 3 rings (SSSR count). The Kier molecular flexibility index (Phi) is 4.97. The molecule has 0 saturated heterocycles. The van der Waals surface area contributed by atoms with E-state index in [1.807, 2.05) is 31.2 Å². The second-order valence-electron chi connectivity index (χ2n) is 4.93. The zero-order valence-electron chi connectivity index (χ0n) is 13.0. The highest BCUT2D eigenvalue weighted by atomic mass is 32.2. The van der Waals surface area contributed by atoms with Crippen LogP contribution in [0.3, 0.4) is 0 Å². The van der Waals surface area contributed by atoms with E-state index < -0.39 is 0 Å². The number of aromatic nitrogens is 3. The van der Waals surface area contributed by atoms with Crippen LogP contribution >= 0.6 is 23.1 Å². The molecule has 0 aliphatic heterocycles. The first-order valence-corrected chi connectivity index (χ1v) is 9.26. The molecule has 0 fully saturated rings. The van der Waals surface area contributed by atoms with Crippen molar-refractivity contribution in [2.24, 2.45) is 0 Å². The molecule has 0 amide bonds. The minimum atomic E-state index is -0.112. The second-order valence-corrected chi connectivity index (χ2v) is 6.96. The van der Waals surface area contributed by atoms with Crippen molar-refractivity contribution in [2.75, 3.05) is 7.11 Å². The molecule has 0 bridgehead atoms. The van der Waals surface area contributed by atoms with E-state index in [4.69, 9.17) is 4.74 Å². The summed E-state index contributed by atoms with van der Waals surface area (Å²) < 4.78 is 6.74. The molecule has 0 saturated carbocycles. The van der Waals surface area contributed by atoms with E-state index in [0.29, 0.717) is 10.7 Å². The Morgan fingerprint density at radius 3 is 2.91 bits per heavy atom. The zero-order chi connectivity index (χ0) is 16.2. The Morgan fingerprint density at radius 2 is 2.13 bits per heavy atom. The molecule has 2 heterocycles. The van der Waals surface area contributed by atoms with E-state index in [2.05, 4.69) is 10.1 Å². The summed E-state index contributed by atoms with van der Waals surface area (Å²) in [5.41, 5.74) is 1.82. The zero-order valence-corrected chi connectivity index (χ0v) is 14.6. The lowest BCUT2D eigenvalue weighted by molar-refractivity contribution is 0.411. The van der Waals surface area contributed by atoms with Gasteiger partial charge in [-0.3, -0.25) is 4.79 Å². The molecule has 120 valence electrons. The van der Waals surface area contributed by atoms with Crippen LogP contribution in [-0.4, -0.2) is 21.7 Å². The maximum atomic E-state index is 12.1. The largest absolute Gasteiger partial charge is 0.496 e. The van der Waals surface area contributed by atoms with Gasteiger partial charge in [-0.2, -0.15) is 21.4 Å². The molecule has 3 aromatic rings. The van der Waals surface area contributed by atoms with Crippen molar-refractivity contribution in [1.82, 2.24) is 14.6 Å². The van der Waals surface area contributed by atoms with E-state index in [9.17, 15) is 4.79 Å². The molecule has 7 heteroatoms. The van der Waals surface area contributed by atoms with Gasteiger partial charge in [0.15, 0.2) is 0 Å². The van der Waals surface area contributed by atoms with Crippen LogP contribution in [0.15, 0.2) is 35.1 Å². The Bertz CT molecular complexity index is 873. The molecule has 0 unspecified atom stereocenters. The van der Waals surface area contributed by atoms with Crippen molar-refractivity contribution in [3.63, 3.8) is 0 Å². The lowest BCUT2D eigenvalue weighted by Gasteiger charge is -2.07. The van der Waals surface area contributed by atoms with Crippen LogP contribution in [0.5, 0.6) is 5.75 Å². The van der Waals surface area contributed by atoms with Gasteiger partial charge in [0, 0.05) is 23.1 Å². The van der Waals surface area contributed by atoms with E-state index in [1.165, 1.54) is 15.9 Å². The number of nitrogens with zero attached hydrogens (tertiary/aromatic N) is 3. The molecule has 1 aromatic carbocycles. The molecule has 23 heavy (non-hydrogen) atoms. The van der Waals surface area contributed by atoms with Crippen LogP contribution in [0.1, 0.15) is 23.2 Å². The summed E-state index contributed by atoms with van der Waals surface area (Å²) in [6.07, 6.45) is 0.811. The van der Waals surface area contributed by atoms with Crippen molar-refractivity contribution >= 4 is 28.1 Å². The summed E-state index contributed by atoms with van der Waals surface area (Å²) in [6.45, 7) is 2.02. The Balaban J connectivity index is 1.73. The molecule has 0 atom stereocenters. The van der Waals surface area contributed by atoms with E-state index >= 15 is 0 Å². The number of hydrogen-bond donors (Lipinski definition) is 0. The maximum absolute atomic E-state index is 12.1. The van der Waals surface area contributed by atoms with E-state index in [1.54, 1.807) is 24.9 Å². The molecule has 5 nitrogen and oxygen atoms in total. The monoisotopic (exact) mass is 347 g/mol. The summed E-state index contributed by atoms with van der Waals surface area (Å²) >= 11 is 3.19. The van der Waals surface area contributed by atoms with E-state index in [-0.39, 0.29) is 5.56 Å². The fourth-order valence-electron chi connectivity index (χ4n) is 2.20. The van der Waals surface area contributed by atoms with Crippen LogP contribution in [0.2, 0.25) is 0 Å². The average Bonchev–Trinajstić information content (AvgIpc) is 2.99. The first-order chi connectivity index (χ1) is 11.2. The number of ether oxygens (including phenoxy) is 1. The van der Waals surface area contributed by atoms with Gasteiger partial charge in [-0.25, -0.2) is 4.98 Å². The Hall–Kier alpha value is -1.86. The van der Waals surface area contributed by atoms with Crippen LogP contribution in [0.4, 0.5) is 0 Å². The van der Waals surface area contributed by atoms with Crippen LogP contribution in [0.25, 0.3) is 4.96 Å². The van der Waals surface area contributed by atoms with Gasteiger partial charge in [0.05, 0.1) is 12.8 Å². The molecule has 2 aromatic heterocycles. The van der Waals surface area contributed by atoms with Gasteiger partial charge in [0.25, 0.3) is 5.56 Å². The third kappa shape index (κ3) is 3.56. The Morgan fingerprint density at radius 1 is 1.30 bits per heavy atom. The summed E-state index contributed by atoms with van der Waals surface area (Å²) in [5.74, 6) is 2.38. The first-order valence-electron chi connectivity index (χ1n) is 7.29. The lowest BCUT2D eigenvalue weighted by Crippen LogP contribution is -2.15. The van der Waals surface area contributed by atoms with Gasteiger partial charge in [0.2, 0.25) is 4.96 Å².